The molecule has 0 N–H and O–H groups in total. The van der Waals surface area contributed by atoms with E-state index in [2.05, 4.69) is 9.78 Å². The molecule has 0 amide bonds. The minimum atomic E-state index is -0.578. The van der Waals surface area contributed by atoms with Crippen LogP contribution >= 0.6 is 47.0 Å². The molecule has 0 aromatic heterocycles. The van der Waals surface area contributed by atoms with Crippen LogP contribution in [0.2, 0.25) is 0 Å². The first-order valence-electron chi connectivity index (χ1n) is 6.95. The third kappa shape index (κ3) is 5.23. The Morgan fingerprint density at radius 3 is 1.42 bits per heavy atom. The van der Waals surface area contributed by atoms with Gasteiger partial charge in [-0.3, -0.25) is 0 Å². The van der Waals surface area contributed by atoms with E-state index < -0.39 is 11.9 Å². The van der Waals surface area contributed by atoms with Crippen LogP contribution in [0.15, 0.2) is 28.1 Å². The van der Waals surface area contributed by atoms with E-state index in [4.69, 9.17) is 19.2 Å². The normalized spacial score (nSPS) is 17.4. The quantitative estimate of drug-likeness (QED) is 0.316. The van der Waals surface area contributed by atoms with Crippen LogP contribution in [0, 0.1) is 0 Å². The van der Waals surface area contributed by atoms with Crippen LogP contribution in [0.3, 0.4) is 0 Å². The molecule has 0 aromatic carbocycles. The van der Waals surface area contributed by atoms with Gasteiger partial charge in [0.05, 0.1) is 36.9 Å². The number of thioether (sulfide) groups is 4. The summed E-state index contributed by atoms with van der Waals surface area (Å²) in [7, 11) is 5.38. The van der Waals surface area contributed by atoms with Crippen LogP contribution in [0.5, 0.6) is 0 Å². The predicted octanol–water partition coefficient (Wildman–Crippen LogP) is 3.00. The number of carbonyl (C=O) groups excluding carboxylic acids is 2. The average Bonchev–Trinajstić information content (AvgIpc) is 3.27. The Bertz CT molecular complexity index is 618. The first-order chi connectivity index (χ1) is 12.5. The maximum Gasteiger partial charge on any atom is 0.346 e. The maximum absolute atomic E-state index is 12.0. The van der Waals surface area contributed by atoms with Gasteiger partial charge in [-0.15, -0.1) is 0 Å². The zero-order chi connectivity index (χ0) is 19.1. The molecule has 0 saturated carbocycles. The molecule has 0 aliphatic carbocycles. The van der Waals surface area contributed by atoms with Crippen molar-refractivity contribution < 1.29 is 38.6 Å². The predicted molar refractivity (Wildman–Crippen MR) is 101 cm³/mol. The second-order valence-electron chi connectivity index (χ2n) is 4.33. The molecule has 0 fully saturated rings. The van der Waals surface area contributed by atoms with Gasteiger partial charge in [0.25, 0.3) is 0 Å². The molecule has 0 atom stereocenters. The van der Waals surface area contributed by atoms with Crippen molar-refractivity contribution in [2.75, 3.05) is 41.7 Å². The zero-order valence-corrected chi connectivity index (χ0v) is 17.6. The molecule has 26 heavy (non-hydrogen) atoms. The molecule has 144 valence electrons. The van der Waals surface area contributed by atoms with E-state index in [9.17, 15) is 9.59 Å². The Morgan fingerprint density at radius 1 is 0.692 bits per heavy atom. The average molecular weight is 441 g/mol. The molecule has 0 unspecified atom stereocenters. The van der Waals surface area contributed by atoms with E-state index in [0.717, 1.165) is 18.3 Å². The fourth-order valence-corrected chi connectivity index (χ4v) is 7.06. The Labute approximate surface area is 167 Å². The summed E-state index contributed by atoms with van der Waals surface area (Å²) in [5, 5.41) is 0. The van der Waals surface area contributed by atoms with Gasteiger partial charge < -0.3 is 9.47 Å². The first-order valence-corrected chi connectivity index (χ1v) is 10.2. The fourth-order valence-electron chi connectivity index (χ4n) is 1.72. The highest BCUT2D eigenvalue weighted by Gasteiger charge is 2.36. The van der Waals surface area contributed by atoms with E-state index in [1.54, 1.807) is 0 Å². The highest BCUT2D eigenvalue weighted by Crippen LogP contribution is 2.60. The largest absolute Gasteiger partial charge is 0.465 e. The zero-order valence-electron chi connectivity index (χ0n) is 14.3. The lowest BCUT2D eigenvalue weighted by Gasteiger charge is -2.03. The van der Waals surface area contributed by atoms with Gasteiger partial charge in [0.15, 0.2) is 0 Å². The summed E-state index contributed by atoms with van der Waals surface area (Å²) in [5.74, 6) is -1.16. The number of ether oxygens (including phenoxy) is 2. The molecule has 2 aliphatic heterocycles. The van der Waals surface area contributed by atoms with Crippen molar-refractivity contribution >= 4 is 59.0 Å². The minimum Gasteiger partial charge on any atom is -0.465 e. The van der Waals surface area contributed by atoms with Gasteiger partial charge in [0.2, 0.25) is 0 Å². The number of methoxy groups -OCH3 is 2. The maximum atomic E-state index is 12.0. The molecule has 0 radical (unpaired) electrons. The number of esters is 2. The Balaban J connectivity index is 2.21. The number of rotatable bonds is 8. The van der Waals surface area contributed by atoms with Gasteiger partial charge in [-0.1, -0.05) is 47.0 Å². The molecule has 2 rings (SSSR count). The molecule has 0 saturated heterocycles. The molecule has 2 aliphatic rings. The highest BCUT2D eigenvalue weighted by molar-refractivity contribution is 8.34. The molecule has 0 bridgehead atoms. The van der Waals surface area contributed by atoms with Crippen molar-refractivity contribution in [1.82, 2.24) is 0 Å². The van der Waals surface area contributed by atoms with Gasteiger partial charge in [-0.2, -0.15) is 0 Å². The van der Waals surface area contributed by atoms with E-state index >= 15 is 0 Å². The molecular weight excluding hydrogens is 424 g/mol. The summed E-state index contributed by atoms with van der Waals surface area (Å²) >= 11 is 5.27. The van der Waals surface area contributed by atoms with Crippen molar-refractivity contribution in [3.05, 3.63) is 28.1 Å². The molecule has 12 heteroatoms. The molecule has 8 nitrogen and oxygen atoms in total. The van der Waals surface area contributed by atoms with Crippen LogP contribution < -0.4 is 0 Å². The number of hydrogen-bond donors (Lipinski definition) is 0. The van der Waals surface area contributed by atoms with Crippen molar-refractivity contribution in [3.8, 4) is 0 Å². The Morgan fingerprint density at radius 2 is 1.08 bits per heavy atom. The fraction of sp³-hybridized carbons (Fsp3) is 0.429. The standard InChI is InChI=1S/C14H16O8S4/c1-17-11(15)9-10(12(16)18-2)26-14(25-9)13-23-7(5-21-19-3)8(24-13)6-22-20-4/h5-6H2,1-4H3. The van der Waals surface area contributed by atoms with Gasteiger partial charge in [0.1, 0.15) is 23.0 Å². The third-order valence-corrected chi connectivity index (χ3v) is 8.57. The Kier molecular flexibility index (Phi) is 8.90. The van der Waals surface area contributed by atoms with E-state index in [0.29, 0.717) is 0 Å². The van der Waals surface area contributed by atoms with Crippen LogP contribution in [0.25, 0.3) is 0 Å². The van der Waals surface area contributed by atoms with E-state index in [-0.39, 0.29) is 23.0 Å². The lowest BCUT2D eigenvalue weighted by molar-refractivity contribution is -0.267. The van der Waals surface area contributed by atoms with Crippen molar-refractivity contribution in [3.63, 3.8) is 0 Å². The number of hydrogen-bond acceptors (Lipinski definition) is 12. The van der Waals surface area contributed by atoms with Crippen LogP contribution in [0.4, 0.5) is 0 Å². The van der Waals surface area contributed by atoms with Crippen molar-refractivity contribution in [2.24, 2.45) is 0 Å². The van der Waals surface area contributed by atoms with Gasteiger partial charge in [-0.05, 0) is 0 Å². The molecule has 2 heterocycles. The molecular formula is C14H16O8S4. The van der Waals surface area contributed by atoms with E-state index in [1.165, 1.54) is 75.5 Å². The van der Waals surface area contributed by atoms with Crippen LogP contribution in [0.1, 0.15) is 0 Å². The third-order valence-electron chi connectivity index (χ3n) is 2.86. The van der Waals surface area contributed by atoms with Gasteiger partial charge >= 0.3 is 11.9 Å². The lowest BCUT2D eigenvalue weighted by atomic mass is 10.5. The number of carbonyl (C=O) groups is 2. The molecule has 0 aromatic rings. The van der Waals surface area contributed by atoms with Crippen molar-refractivity contribution in [1.29, 1.82) is 0 Å². The van der Waals surface area contributed by atoms with Gasteiger partial charge in [0, 0.05) is 9.81 Å². The summed E-state index contributed by atoms with van der Waals surface area (Å²) in [6.45, 7) is 0.480. The minimum absolute atomic E-state index is 0.212. The summed E-state index contributed by atoms with van der Waals surface area (Å²) in [5.41, 5.74) is 0. The lowest BCUT2D eigenvalue weighted by Crippen LogP contribution is -2.08. The van der Waals surface area contributed by atoms with Crippen molar-refractivity contribution in [2.45, 2.75) is 0 Å². The van der Waals surface area contributed by atoms with Crippen LogP contribution in [-0.4, -0.2) is 53.6 Å². The second-order valence-corrected chi connectivity index (χ2v) is 9.10. The van der Waals surface area contributed by atoms with Gasteiger partial charge in [-0.25, -0.2) is 29.1 Å². The summed E-state index contributed by atoms with van der Waals surface area (Å²) in [4.78, 5) is 45.5. The topological polar surface area (TPSA) is 89.5 Å². The summed E-state index contributed by atoms with van der Waals surface area (Å²) in [6, 6.07) is 0. The summed E-state index contributed by atoms with van der Waals surface area (Å²) in [6.07, 6.45) is 0. The Hall–Kier alpha value is -0.600. The summed E-state index contributed by atoms with van der Waals surface area (Å²) < 4.78 is 11.2. The monoisotopic (exact) mass is 440 g/mol. The van der Waals surface area contributed by atoms with Crippen LogP contribution in [-0.2, 0) is 38.6 Å². The molecule has 0 spiro atoms. The first kappa shape index (κ1) is 21.7. The van der Waals surface area contributed by atoms with E-state index in [1.807, 2.05) is 0 Å². The SMILES string of the molecule is COOCC1=C(COOC)SC(=C2SC(C(=O)OC)=C(C(=O)OC)S2)S1. The second kappa shape index (κ2) is 10.7. The highest BCUT2D eigenvalue weighted by atomic mass is 32.2. The smallest absolute Gasteiger partial charge is 0.346 e.